The molecule has 0 atom stereocenters. The van der Waals surface area contributed by atoms with Crippen LogP contribution >= 0.6 is 0 Å². The molecule has 1 amide bonds. The number of nitrogens with zero attached hydrogens (tertiary/aromatic N) is 2. The average Bonchev–Trinajstić information content (AvgIpc) is 2.54. The maximum atomic E-state index is 14.5. The van der Waals surface area contributed by atoms with Gasteiger partial charge >= 0.3 is 0 Å². The van der Waals surface area contributed by atoms with Crippen molar-refractivity contribution in [2.45, 2.75) is 19.3 Å². The van der Waals surface area contributed by atoms with E-state index in [1.165, 1.54) is 6.07 Å². The molecule has 0 aliphatic heterocycles. The molecule has 5 heteroatoms. The summed E-state index contributed by atoms with van der Waals surface area (Å²) in [4.78, 5) is 13.1. The van der Waals surface area contributed by atoms with E-state index in [-0.39, 0.29) is 0 Å². The molecule has 0 spiro atoms. The molecular weight excluding hydrogens is 293 g/mol. The number of carbonyl (C=O) groups is 1. The van der Waals surface area contributed by atoms with Crippen LogP contribution in [0.3, 0.4) is 0 Å². The van der Waals surface area contributed by atoms with Crippen LogP contribution < -0.4 is 10.6 Å². The van der Waals surface area contributed by atoms with E-state index in [1.54, 1.807) is 62.2 Å². The summed E-state index contributed by atoms with van der Waals surface area (Å²) >= 11 is 0. The summed E-state index contributed by atoms with van der Waals surface area (Å²) in [6.07, 6.45) is 0. The Kier molecular flexibility index (Phi) is 4.37. The second-order valence-electron chi connectivity index (χ2n) is 5.84. The van der Waals surface area contributed by atoms with Gasteiger partial charge in [-0.25, -0.2) is 4.39 Å². The highest BCUT2D eigenvalue weighted by atomic mass is 19.1. The average molecular weight is 311 g/mol. The van der Waals surface area contributed by atoms with Gasteiger partial charge in [-0.15, -0.1) is 0 Å². The monoisotopic (exact) mass is 311 g/mol. The van der Waals surface area contributed by atoms with Crippen molar-refractivity contribution in [1.82, 2.24) is 0 Å². The molecule has 2 aromatic rings. The van der Waals surface area contributed by atoms with E-state index in [0.29, 0.717) is 22.5 Å². The number of nitrogens with two attached hydrogens (primary N) is 1. The third kappa shape index (κ3) is 3.16. The molecule has 2 N–H and O–H groups in total. The van der Waals surface area contributed by atoms with Crippen molar-refractivity contribution in [3.05, 3.63) is 59.4 Å². The van der Waals surface area contributed by atoms with Gasteiger partial charge in [-0.2, -0.15) is 5.26 Å². The molecule has 23 heavy (non-hydrogen) atoms. The van der Waals surface area contributed by atoms with Gasteiger partial charge in [0, 0.05) is 7.05 Å². The number of carbonyl (C=O) groups excluding carboxylic acids is 1. The van der Waals surface area contributed by atoms with E-state index in [9.17, 15) is 9.18 Å². The summed E-state index contributed by atoms with van der Waals surface area (Å²) < 4.78 is 14.5. The summed E-state index contributed by atoms with van der Waals surface area (Å²) in [7, 11) is 1.66. The van der Waals surface area contributed by atoms with Crippen molar-refractivity contribution >= 4 is 17.3 Å². The second kappa shape index (κ2) is 6.09. The predicted molar refractivity (Wildman–Crippen MR) is 88.1 cm³/mol. The highest BCUT2D eigenvalue weighted by Gasteiger charge is 2.22. The molecule has 0 radical (unpaired) electrons. The molecule has 2 rings (SSSR count). The molecule has 0 aliphatic rings. The third-order valence-electron chi connectivity index (χ3n) is 3.84. The fourth-order valence-electron chi connectivity index (χ4n) is 2.34. The summed E-state index contributed by atoms with van der Waals surface area (Å²) in [6.45, 7) is 3.46. The Hall–Kier alpha value is -2.87. The lowest BCUT2D eigenvalue weighted by atomic mass is 9.86. The number of nitriles is 1. The maximum Gasteiger partial charge on any atom is 0.250 e. The van der Waals surface area contributed by atoms with Crippen molar-refractivity contribution < 1.29 is 9.18 Å². The van der Waals surface area contributed by atoms with Gasteiger partial charge < -0.3 is 10.6 Å². The van der Waals surface area contributed by atoms with Crippen LogP contribution in [0.15, 0.2) is 42.5 Å². The summed E-state index contributed by atoms with van der Waals surface area (Å²) in [5, 5.41) is 9.16. The molecule has 0 saturated heterocycles. The molecule has 0 heterocycles. The standard InChI is InChI=1S/C18H18FN3O/c1-18(2,11-20)12-8-9-16(14(19)10-12)22(3)15-7-5-4-6-13(15)17(21)23/h4-10H,1-3H3,(H2,21,23). The van der Waals surface area contributed by atoms with Crippen LogP contribution in [0.5, 0.6) is 0 Å². The van der Waals surface area contributed by atoms with Gasteiger partial charge in [0.15, 0.2) is 0 Å². The van der Waals surface area contributed by atoms with Crippen molar-refractivity contribution in [3.63, 3.8) is 0 Å². The van der Waals surface area contributed by atoms with E-state index in [2.05, 4.69) is 6.07 Å². The van der Waals surface area contributed by atoms with Crippen LogP contribution in [0.25, 0.3) is 0 Å². The Balaban J connectivity index is 2.48. The second-order valence-corrected chi connectivity index (χ2v) is 5.84. The van der Waals surface area contributed by atoms with Gasteiger partial charge in [-0.05, 0) is 43.7 Å². The molecule has 0 fully saturated rings. The normalized spacial score (nSPS) is 10.9. The zero-order valence-electron chi connectivity index (χ0n) is 13.3. The zero-order chi connectivity index (χ0) is 17.2. The number of amides is 1. The van der Waals surface area contributed by atoms with Gasteiger partial charge in [-0.3, -0.25) is 4.79 Å². The molecule has 0 saturated carbocycles. The van der Waals surface area contributed by atoms with Crippen LogP contribution in [-0.4, -0.2) is 13.0 Å². The van der Waals surface area contributed by atoms with Crippen LogP contribution in [-0.2, 0) is 5.41 Å². The predicted octanol–water partition coefficient (Wildman–Crippen LogP) is 3.49. The first-order valence-electron chi connectivity index (χ1n) is 7.12. The number of primary amides is 1. The smallest absolute Gasteiger partial charge is 0.250 e. The summed E-state index contributed by atoms with van der Waals surface area (Å²) in [6, 6.07) is 13.6. The number of hydrogen-bond acceptors (Lipinski definition) is 3. The topological polar surface area (TPSA) is 70.1 Å². The maximum absolute atomic E-state index is 14.5. The Bertz CT molecular complexity index is 793. The number of para-hydroxylation sites is 1. The lowest BCUT2D eigenvalue weighted by Gasteiger charge is -2.24. The van der Waals surface area contributed by atoms with E-state index < -0.39 is 17.1 Å². The van der Waals surface area contributed by atoms with Crippen molar-refractivity contribution in [2.75, 3.05) is 11.9 Å². The number of benzene rings is 2. The third-order valence-corrected chi connectivity index (χ3v) is 3.84. The van der Waals surface area contributed by atoms with Crippen LogP contribution in [0, 0.1) is 17.1 Å². The number of anilines is 2. The largest absolute Gasteiger partial charge is 0.366 e. The summed E-state index contributed by atoms with van der Waals surface area (Å²) in [5.41, 5.74) is 6.33. The Morgan fingerprint density at radius 2 is 1.87 bits per heavy atom. The van der Waals surface area contributed by atoms with E-state index in [1.807, 2.05) is 0 Å². The molecule has 0 aromatic heterocycles. The van der Waals surface area contributed by atoms with Crippen LogP contribution in [0.2, 0.25) is 0 Å². The number of hydrogen-bond donors (Lipinski definition) is 1. The fourth-order valence-corrected chi connectivity index (χ4v) is 2.34. The van der Waals surface area contributed by atoms with Crippen LogP contribution in [0.1, 0.15) is 29.8 Å². The first kappa shape index (κ1) is 16.5. The molecule has 118 valence electrons. The Morgan fingerprint density at radius 3 is 2.43 bits per heavy atom. The lowest BCUT2D eigenvalue weighted by Crippen LogP contribution is -2.20. The lowest BCUT2D eigenvalue weighted by molar-refractivity contribution is 0.100. The van der Waals surface area contributed by atoms with Crippen LogP contribution in [0.4, 0.5) is 15.8 Å². The minimum atomic E-state index is -0.775. The van der Waals surface area contributed by atoms with Gasteiger partial charge in [0.25, 0.3) is 5.91 Å². The SMILES string of the molecule is CN(c1ccc(C(C)(C)C#N)cc1F)c1ccccc1C(N)=O. The molecule has 0 unspecified atom stereocenters. The van der Waals surface area contributed by atoms with E-state index in [0.717, 1.165) is 0 Å². The molecular formula is C18H18FN3O. The van der Waals surface area contributed by atoms with E-state index >= 15 is 0 Å². The first-order valence-corrected chi connectivity index (χ1v) is 7.12. The van der Waals surface area contributed by atoms with Crippen molar-refractivity contribution in [3.8, 4) is 6.07 Å². The molecule has 0 bridgehead atoms. The number of halogens is 1. The van der Waals surface area contributed by atoms with Gasteiger partial charge in [-0.1, -0.05) is 18.2 Å². The fraction of sp³-hybridized carbons (Fsp3) is 0.222. The highest BCUT2D eigenvalue weighted by Crippen LogP contribution is 2.32. The molecule has 4 nitrogen and oxygen atoms in total. The quantitative estimate of drug-likeness (QED) is 0.939. The molecule has 2 aromatic carbocycles. The minimum Gasteiger partial charge on any atom is -0.366 e. The van der Waals surface area contributed by atoms with Gasteiger partial charge in [0.05, 0.1) is 28.4 Å². The van der Waals surface area contributed by atoms with Gasteiger partial charge in [0.1, 0.15) is 5.82 Å². The summed E-state index contributed by atoms with van der Waals surface area (Å²) in [5.74, 6) is -1.04. The van der Waals surface area contributed by atoms with Gasteiger partial charge in [0.2, 0.25) is 0 Å². The van der Waals surface area contributed by atoms with Crippen molar-refractivity contribution in [1.29, 1.82) is 5.26 Å². The first-order chi connectivity index (χ1) is 10.8. The Morgan fingerprint density at radius 1 is 1.22 bits per heavy atom. The molecule has 0 aliphatic carbocycles. The van der Waals surface area contributed by atoms with Crippen molar-refractivity contribution in [2.24, 2.45) is 5.73 Å². The van der Waals surface area contributed by atoms with E-state index in [4.69, 9.17) is 11.0 Å². The zero-order valence-corrected chi connectivity index (χ0v) is 13.3. The minimum absolute atomic E-state index is 0.302. The highest BCUT2D eigenvalue weighted by molar-refractivity contribution is 5.99. The Labute approximate surface area is 134 Å². The number of rotatable bonds is 4.